The van der Waals surface area contributed by atoms with Gasteiger partial charge in [-0.25, -0.2) is 0 Å². The van der Waals surface area contributed by atoms with E-state index in [1.807, 2.05) is 0 Å². The number of likely N-dealkylation sites (tertiary alicyclic amines) is 1. The molecule has 2 heterocycles. The summed E-state index contributed by atoms with van der Waals surface area (Å²) >= 11 is 0. The summed E-state index contributed by atoms with van der Waals surface area (Å²) in [5.41, 5.74) is 0.886. The minimum absolute atomic E-state index is 0.0324. The molecule has 0 amide bonds. The van der Waals surface area contributed by atoms with Gasteiger partial charge in [-0.1, -0.05) is 0 Å². The van der Waals surface area contributed by atoms with Gasteiger partial charge in [0.15, 0.2) is 0 Å². The van der Waals surface area contributed by atoms with Crippen molar-refractivity contribution in [1.82, 2.24) is 9.88 Å². The number of nitrogens with zero attached hydrogens (tertiary/aromatic N) is 3. The van der Waals surface area contributed by atoms with E-state index in [2.05, 4.69) is 9.88 Å². The second-order valence-corrected chi connectivity index (χ2v) is 4.15. The summed E-state index contributed by atoms with van der Waals surface area (Å²) in [6.07, 6.45) is 2.64. The highest BCUT2D eigenvalue weighted by atomic mass is 16.6. The first-order valence-corrected chi connectivity index (χ1v) is 5.53. The van der Waals surface area contributed by atoms with Crippen molar-refractivity contribution >= 4 is 5.69 Å². The number of ether oxygens (including phenoxy) is 1. The maximum Gasteiger partial charge on any atom is 0.287 e. The Bertz CT molecular complexity index is 393. The molecule has 6 nitrogen and oxygen atoms in total. The molecular weight excluding hydrogens is 222 g/mol. The van der Waals surface area contributed by atoms with E-state index in [0.29, 0.717) is 6.10 Å². The standard InChI is InChI=1S/C11H15N3O3/c1-17-11-4-5-13(8-11)7-9-2-3-10(6-12-9)14(15)16/h2-3,6,11H,4-5,7-8H2,1H3/t11-/m0/s1. The van der Waals surface area contributed by atoms with Crippen LogP contribution >= 0.6 is 0 Å². The molecule has 1 atom stereocenters. The summed E-state index contributed by atoms with van der Waals surface area (Å²) in [4.78, 5) is 16.4. The van der Waals surface area contributed by atoms with E-state index in [0.717, 1.165) is 31.7 Å². The first-order valence-electron chi connectivity index (χ1n) is 5.53. The molecule has 0 spiro atoms. The molecule has 2 rings (SSSR count). The summed E-state index contributed by atoms with van der Waals surface area (Å²) in [7, 11) is 1.72. The van der Waals surface area contributed by atoms with E-state index in [1.54, 1.807) is 13.2 Å². The Labute approximate surface area is 99.4 Å². The summed E-state index contributed by atoms with van der Waals surface area (Å²) in [6.45, 7) is 2.60. The van der Waals surface area contributed by atoms with Crippen LogP contribution in [0, 0.1) is 10.1 Å². The molecule has 0 bridgehead atoms. The minimum Gasteiger partial charge on any atom is -0.380 e. The number of aromatic nitrogens is 1. The lowest BCUT2D eigenvalue weighted by atomic mass is 10.3. The molecule has 0 radical (unpaired) electrons. The zero-order chi connectivity index (χ0) is 12.3. The number of hydrogen-bond donors (Lipinski definition) is 0. The Morgan fingerprint density at radius 2 is 2.47 bits per heavy atom. The fourth-order valence-electron chi connectivity index (χ4n) is 1.98. The molecule has 0 unspecified atom stereocenters. The van der Waals surface area contributed by atoms with Gasteiger partial charge in [-0.05, 0) is 12.5 Å². The third-order valence-electron chi connectivity index (χ3n) is 2.97. The maximum absolute atomic E-state index is 10.5. The molecule has 1 aromatic heterocycles. The molecule has 17 heavy (non-hydrogen) atoms. The van der Waals surface area contributed by atoms with Crippen LogP contribution in [0.2, 0.25) is 0 Å². The average molecular weight is 237 g/mol. The fraction of sp³-hybridized carbons (Fsp3) is 0.545. The zero-order valence-corrected chi connectivity index (χ0v) is 9.70. The minimum atomic E-state index is -0.437. The monoisotopic (exact) mass is 237 g/mol. The summed E-state index contributed by atoms with van der Waals surface area (Å²) < 4.78 is 5.28. The van der Waals surface area contributed by atoms with Crippen LogP contribution in [0.4, 0.5) is 5.69 Å². The Morgan fingerprint density at radius 1 is 1.65 bits per heavy atom. The van der Waals surface area contributed by atoms with Crippen molar-refractivity contribution in [2.45, 2.75) is 19.1 Å². The Kier molecular flexibility index (Phi) is 3.65. The molecule has 0 saturated carbocycles. The third-order valence-corrected chi connectivity index (χ3v) is 2.97. The van der Waals surface area contributed by atoms with Gasteiger partial charge in [-0.2, -0.15) is 0 Å². The highest BCUT2D eigenvalue weighted by Crippen LogP contribution is 2.15. The lowest BCUT2D eigenvalue weighted by Gasteiger charge is -2.14. The SMILES string of the molecule is CO[C@H]1CCN(Cc2ccc([N+](=O)[O-])cn2)C1. The van der Waals surface area contributed by atoms with Gasteiger partial charge < -0.3 is 4.74 Å². The van der Waals surface area contributed by atoms with E-state index in [1.165, 1.54) is 12.3 Å². The lowest BCUT2D eigenvalue weighted by Crippen LogP contribution is -2.22. The van der Waals surface area contributed by atoms with Gasteiger partial charge in [0.1, 0.15) is 6.20 Å². The van der Waals surface area contributed by atoms with Gasteiger partial charge in [0.25, 0.3) is 5.69 Å². The molecule has 6 heteroatoms. The summed E-state index contributed by atoms with van der Waals surface area (Å²) in [5.74, 6) is 0. The van der Waals surface area contributed by atoms with E-state index in [-0.39, 0.29) is 5.69 Å². The Hall–Kier alpha value is -1.53. The van der Waals surface area contributed by atoms with E-state index < -0.39 is 4.92 Å². The highest BCUT2D eigenvalue weighted by molar-refractivity contribution is 5.26. The van der Waals surface area contributed by atoms with Crippen molar-refractivity contribution in [3.8, 4) is 0 Å². The van der Waals surface area contributed by atoms with Gasteiger partial charge >= 0.3 is 0 Å². The number of rotatable bonds is 4. The zero-order valence-electron chi connectivity index (χ0n) is 9.70. The average Bonchev–Trinajstić information content (AvgIpc) is 2.77. The van der Waals surface area contributed by atoms with Crippen LogP contribution in [0.25, 0.3) is 0 Å². The molecule has 0 aromatic carbocycles. The van der Waals surface area contributed by atoms with Gasteiger partial charge in [-0.3, -0.25) is 20.0 Å². The summed E-state index contributed by atoms with van der Waals surface area (Å²) in [5, 5.41) is 10.5. The van der Waals surface area contributed by atoms with Crippen molar-refractivity contribution in [2.75, 3.05) is 20.2 Å². The van der Waals surface area contributed by atoms with Crippen molar-refractivity contribution in [3.05, 3.63) is 34.1 Å². The van der Waals surface area contributed by atoms with Crippen LogP contribution in [0.15, 0.2) is 18.3 Å². The van der Waals surface area contributed by atoms with Crippen LogP contribution in [-0.2, 0) is 11.3 Å². The first kappa shape index (κ1) is 11.9. The smallest absolute Gasteiger partial charge is 0.287 e. The second-order valence-electron chi connectivity index (χ2n) is 4.15. The molecule has 1 aliphatic heterocycles. The molecule has 1 aromatic rings. The van der Waals surface area contributed by atoms with Crippen molar-refractivity contribution in [3.63, 3.8) is 0 Å². The lowest BCUT2D eigenvalue weighted by molar-refractivity contribution is -0.385. The maximum atomic E-state index is 10.5. The van der Waals surface area contributed by atoms with Crippen LogP contribution in [0.5, 0.6) is 0 Å². The third kappa shape index (κ3) is 2.98. The number of nitro groups is 1. The molecular formula is C11H15N3O3. The summed E-state index contributed by atoms with van der Waals surface area (Å²) in [6, 6.07) is 3.20. The van der Waals surface area contributed by atoms with Crippen molar-refractivity contribution in [1.29, 1.82) is 0 Å². The largest absolute Gasteiger partial charge is 0.380 e. The van der Waals surface area contributed by atoms with Crippen molar-refractivity contribution in [2.24, 2.45) is 0 Å². The van der Waals surface area contributed by atoms with Crippen LogP contribution < -0.4 is 0 Å². The quantitative estimate of drug-likeness (QED) is 0.581. The second kappa shape index (κ2) is 5.20. The predicted octanol–water partition coefficient (Wildman–Crippen LogP) is 1.21. The number of hydrogen-bond acceptors (Lipinski definition) is 5. The number of pyridine rings is 1. The van der Waals surface area contributed by atoms with Gasteiger partial charge in [0, 0.05) is 32.8 Å². The molecule has 1 saturated heterocycles. The highest BCUT2D eigenvalue weighted by Gasteiger charge is 2.22. The normalized spacial score (nSPS) is 20.6. The van der Waals surface area contributed by atoms with Crippen molar-refractivity contribution < 1.29 is 9.66 Å². The van der Waals surface area contributed by atoms with Gasteiger partial charge in [0.05, 0.1) is 16.7 Å². The van der Waals surface area contributed by atoms with E-state index >= 15 is 0 Å². The van der Waals surface area contributed by atoms with Crippen LogP contribution in [0.3, 0.4) is 0 Å². The molecule has 0 N–H and O–H groups in total. The molecule has 1 fully saturated rings. The van der Waals surface area contributed by atoms with E-state index in [9.17, 15) is 10.1 Å². The number of methoxy groups -OCH3 is 1. The van der Waals surface area contributed by atoms with Gasteiger partial charge in [-0.15, -0.1) is 0 Å². The fourth-order valence-corrected chi connectivity index (χ4v) is 1.98. The van der Waals surface area contributed by atoms with Crippen LogP contribution in [0.1, 0.15) is 12.1 Å². The topological polar surface area (TPSA) is 68.5 Å². The predicted molar refractivity (Wildman–Crippen MR) is 61.6 cm³/mol. The van der Waals surface area contributed by atoms with Crippen LogP contribution in [-0.4, -0.2) is 41.1 Å². The van der Waals surface area contributed by atoms with E-state index in [4.69, 9.17) is 4.74 Å². The molecule has 0 aliphatic carbocycles. The Morgan fingerprint density at radius 3 is 3.00 bits per heavy atom. The first-order chi connectivity index (χ1) is 8.19. The molecule has 1 aliphatic rings. The van der Waals surface area contributed by atoms with Gasteiger partial charge in [0.2, 0.25) is 0 Å². The Balaban J connectivity index is 1.93. The molecule has 92 valence electrons.